The van der Waals surface area contributed by atoms with Crippen molar-refractivity contribution >= 4 is 17.3 Å². The van der Waals surface area contributed by atoms with Gasteiger partial charge in [-0.2, -0.15) is 0 Å². The van der Waals surface area contributed by atoms with Gasteiger partial charge in [-0.3, -0.25) is 0 Å². The summed E-state index contributed by atoms with van der Waals surface area (Å²) in [6.45, 7) is 2.71. The lowest BCUT2D eigenvalue weighted by Crippen LogP contribution is -2.28. The lowest BCUT2D eigenvalue weighted by Gasteiger charge is -2.28. The molecular weight excluding hydrogens is 248 g/mol. The van der Waals surface area contributed by atoms with Crippen LogP contribution in [0.4, 0.5) is 0 Å². The van der Waals surface area contributed by atoms with Crippen LogP contribution in [-0.2, 0) is 11.2 Å². The number of nitrogens with two attached hydrogens (primary N) is 1. The van der Waals surface area contributed by atoms with E-state index in [2.05, 4.69) is 11.9 Å². The predicted octanol–water partition coefficient (Wildman–Crippen LogP) is 2.38. The van der Waals surface area contributed by atoms with Crippen LogP contribution >= 0.6 is 11.3 Å². The Morgan fingerprint density at radius 3 is 3.06 bits per heavy atom. The van der Waals surface area contributed by atoms with Gasteiger partial charge < -0.3 is 10.5 Å². The molecule has 18 heavy (non-hydrogen) atoms. The first kappa shape index (κ1) is 13.5. The number of nitrogens with zero attached hydrogens (tertiary/aromatic N) is 1. The fourth-order valence-electron chi connectivity index (χ4n) is 2.30. The van der Waals surface area contributed by atoms with Crippen LogP contribution in [-0.4, -0.2) is 23.6 Å². The summed E-state index contributed by atoms with van der Waals surface area (Å²) in [5.41, 5.74) is 5.90. The monoisotopic (exact) mass is 268 g/mol. The number of carbonyl (C=O) groups excluding carboxylic acids is 1. The highest BCUT2D eigenvalue weighted by Gasteiger charge is 2.26. The van der Waals surface area contributed by atoms with Gasteiger partial charge in [0.1, 0.15) is 6.10 Å². The Morgan fingerprint density at radius 1 is 1.56 bits per heavy atom. The second-order valence-corrected chi connectivity index (χ2v) is 5.81. The maximum atomic E-state index is 12.0. The van der Waals surface area contributed by atoms with E-state index in [9.17, 15) is 4.79 Å². The molecule has 1 fully saturated rings. The molecule has 2 unspecified atom stereocenters. The minimum Gasteiger partial charge on any atom is -0.457 e. The van der Waals surface area contributed by atoms with E-state index in [4.69, 9.17) is 10.5 Å². The number of rotatable bonds is 4. The van der Waals surface area contributed by atoms with Gasteiger partial charge in [-0.25, -0.2) is 9.78 Å². The fourth-order valence-corrected chi connectivity index (χ4v) is 3.08. The highest BCUT2D eigenvalue weighted by atomic mass is 32.1. The summed E-state index contributed by atoms with van der Waals surface area (Å²) < 4.78 is 5.56. The van der Waals surface area contributed by atoms with Crippen molar-refractivity contribution in [1.29, 1.82) is 0 Å². The third kappa shape index (κ3) is 3.29. The second-order valence-electron chi connectivity index (χ2n) is 4.87. The number of ether oxygens (including phenoxy) is 1. The molecule has 1 aromatic rings. The number of carbonyl (C=O) groups is 1. The first-order valence-corrected chi connectivity index (χ1v) is 7.44. The van der Waals surface area contributed by atoms with E-state index < -0.39 is 0 Å². The summed E-state index contributed by atoms with van der Waals surface area (Å²) in [4.78, 5) is 16.2. The molecule has 0 amide bonds. The Hall–Kier alpha value is -0.940. The maximum absolute atomic E-state index is 12.0. The molecule has 100 valence electrons. The van der Waals surface area contributed by atoms with Gasteiger partial charge in [-0.15, -0.1) is 11.3 Å². The smallest absolute Gasteiger partial charge is 0.358 e. The molecular formula is C13H20N2O2S. The van der Waals surface area contributed by atoms with Gasteiger partial charge in [-0.05, 0) is 31.7 Å². The number of thiazole rings is 1. The summed E-state index contributed by atoms with van der Waals surface area (Å²) >= 11 is 1.47. The highest BCUT2D eigenvalue weighted by molar-refractivity contribution is 7.09. The van der Waals surface area contributed by atoms with Gasteiger partial charge in [0.15, 0.2) is 5.69 Å². The number of esters is 1. The minimum atomic E-state index is -0.284. The molecule has 1 aliphatic carbocycles. The van der Waals surface area contributed by atoms with Crippen molar-refractivity contribution in [2.75, 3.05) is 6.54 Å². The molecule has 0 aromatic carbocycles. The molecule has 0 spiro atoms. The lowest BCUT2D eigenvalue weighted by atomic mass is 9.88. The second kappa shape index (κ2) is 6.29. The molecule has 0 bridgehead atoms. The van der Waals surface area contributed by atoms with E-state index >= 15 is 0 Å². The minimum absolute atomic E-state index is 0.0610. The normalized spacial score (nSPS) is 23.9. The average Bonchev–Trinajstić information content (AvgIpc) is 2.81. The molecule has 2 atom stereocenters. The molecule has 1 aliphatic rings. The Balaban J connectivity index is 1.93. The standard InChI is InChI=1S/C13H20N2O2S/c1-9-4-2-3-5-11(9)17-13(16)10-8-18-12(15-10)6-7-14/h8-9,11H,2-7,14H2,1H3. The third-order valence-electron chi connectivity index (χ3n) is 3.41. The summed E-state index contributed by atoms with van der Waals surface area (Å²) in [7, 11) is 0. The number of hydrogen-bond acceptors (Lipinski definition) is 5. The Morgan fingerprint density at radius 2 is 2.33 bits per heavy atom. The molecule has 4 nitrogen and oxygen atoms in total. The summed E-state index contributed by atoms with van der Waals surface area (Å²) in [5.74, 6) is 0.179. The summed E-state index contributed by atoms with van der Waals surface area (Å²) in [6.07, 6.45) is 5.30. The van der Waals surface area contributed by atoms with Crippen molar-refractivity contribution in [2.45, 2.75) is 45.1 Å². The van der Waals surface area contributed by atoms with Crippen molar-refractivity contribution in [2.24, 2.45) is 11.7 Å². The van der Waals surface area contributed by atoms with E-state index in [0.29, 0.717) is 18.2 Å². The zero-order valence-electron chi connectivity index (χ0n) is 10.7. The lowest BCUT2D eigenvalue weighted by molar-refractivity contribution is 0.00426. The summed E-state index contributed by atoms with van der Waals surface area (Å²) in [6, 6.07) is 0. The van der Waals surface area contributed by atoms with Crippen molar-refractivity contribution in [1.82, 2.24) is 4.98 Å². The first-order valence-electron chi connectivity index (χ1n) is 6.56. The van der Waals surface area contributed by atoms with E-state index in [1.54, 1.807) is 5.38 Å². The van der Waals surface area contributed by atoms with Gasteiger partial charge >= 0.3 is 5.97 Å². The third-order valence-corrected chi connectivity index (χ3v) is 4.32. The van der Waals surface area contributed by atoms with Crippen molar-refractivity contribution in [3.63, 3.8) is 0 Å². The molecule has 1 heterocycles. The molecule has 2 rings (SSSR count). The molecule has 1 saturated carbocycles. The largest absolute Gasteiger partial charge is 0.457 e. The molecule has 0 aliphatic heterocycles. The summed E-state index contributed by atoms with van der Waals surface area (Å²) in [5, 5.41) is 2.67. The van der Waals surface area contributed by atoms with Crippen LogP contribution in [0.15, 0.2) is 5.38 Å². The molecule has 0 saturated heterocycles. The molecule has 2 N–H and O–H groups in total. The van der Waals surface area contributed by atoms with E-state index in [-0.39, 0.29) is 12.1 Å². The highest BCUT2D eigenvalue weighted by Crippen LogP contribution is 2.27. The van der Waals surface area contributed by atoms with Gasteiger partial charge in [0.05, 0.1) is 5.01 Å². The van der Waals surface area contributed by atoms with E-state index in [0.717, 1.165) is 30.7 Å². The quantitative estimate of drug-likeness (QED) is 0.851. The van der Waals surface area contributed by atoms with Crippen LogP contribution in [0.5, 0.6) is 0 Å². The Bertz CT molecular complexity index is 405. The zero-order valence-corrected chi connectivity index (χ0v) is 11.5. The van der Waals surface area contributed by atoms with Crippen LogP contribution < -0.4 is 5.73 Å². The average molecular weight is 268 g/mol. The number of hydrogen-bond donors (Lipinski definition) is 1. The van der Waals surface area contributed by atoms with Gasteiger partial charge in [0.2, 0.25) is 0 Å². The molecule has 0 radical (unpaired) electrons. The van der Waals surface area contributed by atoms with Crippen molar-refractivity contribution < 1.29 is 9.53 Å². The topological polar surface area (TPSA) is 65.2 Å². The zero-order chi connectivity index (χ0) is 13.0. The Kier molecular flexibility index (Phi) is 4.72. The molecule has 1 aromatic heterocycles. The van der Waals surface area contributed by atoms with Crippen LogP contribution in [0.2, 0.25) is 0 Å². The van der Waals surface area contributed by atoms with Crippen LogP contribution in [0, 0.1) is 5.92 Å². The van der Waals surface area contributed by atoms with Gasteiger partial charge in [0.25, 0.3) is 0 Å². The predicted molar refractivity (Wildman–Crippen MR) is 71.7 cm³/mol. The number of aromatic nitrogens is 1. The van der Waals surface area contributed by atoms with Crippen molar-refractivity contribution in [3.05, 3.63) is 16.1 Å². The van der Waals surface area contributed by atoms with Crippen LogP contribution in [0.25, 0.3) is 0 Å². The van der Waals surface area contributed by atoms with E-state index in [1.807, 2.05) is 0 Å². The van der Waals surface area contributed by atoms with Gasteiger partial charge in [-0.1, -0.05) is 13.3 Å². The molecule has 5 heteroatoms. The SMILES string of the molecule is CC1CCCCC1OC(=O)c1csc(CCN)n1. The Labute approximate surface area is 112 Å². The fraction of sp³-hybridized carbons (Fsp3) is 0.692. The van der Waals surface area contributed by atoms with Crippen LogP contribution in [0.1, 0.15) is 48.1 Å². The van der Waals surface area contributed by atoms with Crippen LogP contribution in [0.3, 0.4) is 0 Å². The maximum Gasteiger partial charge on any atom is 0.358 e. The van der Waals surface area contributed by atoms with Crippen molar-refractivity contribution in [3.8, 4) is 0 Å². The van der Waals surface area contributed by atoms with E-state index in [1.165, 1.54) is 17.8 Å². The van der Waals surface area contributed by atoms with Gasteiger partial charge in [0, 0.05) is 11.8 Å². The first-order chi connectivity index (χ1) is 8.70.